The van der Waals surface area contributed by atoms with E-state index in [9.17, 15) is 10.0 Å². The first-order valence-corrected chi connectivity index (χ1v) is 6.83. The average molecular weight is 305 g/mol. The molecule has 9 nitrogen and oxygen atoms in total. The maximum atomic E-state index is 11.6. The van der Waals surface area contributed by atoms with Crippen molar-refractivity contribution < 1.29 is 29.2 Å². The van der Waals surface area contributed by atoms with Crippen molar-refractivity contribution in [3.8, 4) is 0 Å². The number of rotatable bonds is 5. The van der Waals surface area contributed by atoms with Crippen LogP contribution in [0.2, 0.25) is 0 Å². The number of hydrazine groups is 1. The largest absolute Gasteiger partial charge is 0.569 e. The first-order valence-electron chi connectivity index (χ1n) is 6.83. The predicted molar refractivity (Wildman–Crippen MR) is 70.7 cm³/mol. The van der Waals surface area contributed by atoms with Crippen LogP contribution in [0, 0.1) is 11.1 Å². The fourth-order valence-corrected chi connectivity index (χ4v) is 1.75. The molecule has 1 N–H and O–H groups in total. The summed E-state index contributed by atoms with van der Waals surface area (Å²) in [5, 5.41) is 25.3. The molecule has 1 fully saturated rings. The van der Waals surface area contributed by atoms with E-state index >= 15 is 0 Å². The molecule has 0 amide bonds. The fourth-order valence-electron chi connectivity index (χ4n) is 1.75. The monoisotopic (exact) mass is 305 g/mol. The van der Waals surface area contributed by atoms with E-state index in [0.717, 1.165) is 12.8 Å². The Hall–Kier alpha value is -1.77. The Labute approximate surface area is 123 Å². The SMILES string of the molecule is CC(C)(C)OC(=O)OCO/N=[N+](/[O-])N1CCC(CO)CC1. The third-order valence-corrected chi connectivity index (χ3v) is 2.84. The van der Waals surface area contributed by atoms with E-state index in [2.05, 4.69) is 14.9 Å². The lowest BCUT2D eigenvalue weighted by Gasteiger charge is -2.26. The minimum Gasteiger partial charge on any atom is -0.569 e. The van der Waals surface area contributed by atoms with Gasteiger partial charge in [0.05, 0.1) is 18.1 Å². The number of aliphatic hydroxyl groups is 1. The van der Waals surface area contributed by atoms with Gasteiger partial charge in [-0.2, -0.15) is 0 Å². The topological polar surface area (TPSA) is 107 Å². The van der Waals surface area contributed by atoms with Crippen molar-refractivity contribution in [2.75, 3.05) is 26.5 Å². The summed E-state index contributed by atoms with van der Waals surface area (Å²) < 4.78 is 9.47. The van der Waals surface area contributed by atoms with Crippen LogP contribution in [0.25, 0.3) is 0 Å². The lowest BCUT2D eigenvalue weighted by Crippen LogP contribution is -2.39. The van der Waals surface area contributed by atoms with Crippen molar-refractivity contribution in [2.45, 2.75) is 39.2 Å². The van der Waals surface area contributed by atoms with E-state index in [1.807, 2.05) is 0 Å². The Morgan fingerprint density at radius 2 is 2.05 bits per heavy atom. The molecule has 0 unspecified atom stereocenters. The van der Waals surface area contributed by atoms with Gasteiger partial charge < -0.3 is 24.6 Å². The zero-order valence-corrected chi connectivity index (χ0v) is 12.7. The van der Waals surface area contributed by atoms with Gasteiger partial charge in [-0.25, -0.2) is 4.79 Å². The molecule has 0 aromatic heterocycles. The first kappa shape index (κ1) is 17.3. The van der Waals surface area contributed by atoms with Gasteiger partial charge in [0.1, 0.15) is 5.60 Å². The summed E-state index contributed by atoms with van der Waals surface area (Å²) >= 11 is 0. The molecule has 9 heteroatoms. The fraction of sp³-hybridized carbons (Fsp3) is 0.917. The summed E-state index contributed by atoms with van der Waals surface area (Å²) in [5.41, 5.74) is -0.657. The summed E-state index contributed by atoms with van der Waals surface area (Å²) in [6, 6.07) is 0. The van der Waals surface area contributed by atoms with Crippen LogP contribution in [0.1, 0.15) is 33.6 Å². The van der Waals surface area contributed by atoms with Crippen LogP contribution in [-0.2, 0) is 14.3 Å². The molecule has 1 saturated heterocycles. The van der Waals surface area contributed by atoms with Crippen LogP contribution < -0.4 is 0 Å². The van der Waals surface area contributed by atoms with Gasteiger partial charge in [-0.05, 0) is 39.5 Å². The lowest BCUT2D eigenvalue weighted by molar-refractivity contribution is -0.714. The molecule has 21 heavy (non-hydrogen) atoms. The van der Waals surface area contributed by atoms with Gasteiger partial charge in [0, 0.05) is 6.61 Å². The highest BCUT2D eigenvalue weighted by atomic mass is 16.8. The third-order valence-electron chi connectivity index (χ3n) is 2.84. The number of piperidine rings is 1. The van der Waals surface area contributed by atoms with Gasteiger partial charge >= 0.3 is 6.16 Å². The van der Waals surface area contributed by atoms with Crippen LogP contribution >= 0.6 is 0 Å². The molecule has 0 atom stereocenters. The molecular formula is C12H23N3O6. The average Bonchev–Trinajstić information content (AvgIpc) is 2.41. The quantitative estimate of drug-likeness (QED) is 0.204. The normalized spacial score (nSPS) is 17.5. The molecule has 0 bridgehead atoms. The molecule has 1 aliphatic rings. The van der Waals surface area contributed by atoms with Crippen LogP contribution in [-0.4, -0.2) is 53.3 Å². The zero-order chi connectivity index (χ0) is 15.9. The summed E-state index contributed by atoms with van der Waals surface area (Å²) in [7, 11) is 0. The summed E-state index contributed by atoms with van der Waals surface area (Å²) in [6.45, 7) is 5.73. The highest BCUT2D eigenvalue weighted by molar-refractivity contribution is 5.60. The molecule has 0 aromatic rings. The van der Waals surface area contributed by atoms with E-state index in [0.29, 0.717) is 18.1 Å². The maximum absolute atomic E-state index is 11.6. The van der Waals surface area contributed by atoms with E-state index in [4.69, 9.17) is 9.84 Å². The van der Waals surface area contributed by atoms with Gasteiger partial charge in [-0.1, -0.05) is 0 Å². The molecular weight excluding hydrogens is 282 g/mol. The molecule has 0 radical (unpaired) electrons. The Kier molecular flexibility index (Phi) is 6.47. The smallest absolute Gasteiger partial charge is 0.511 e. The minimum absolute atomic E-state index is 0.129. The Morgan fingerprint density at radius 1 is 1.43 bits per heavy atom. The van der Waals surface area contributed by atoms with Crippen molar-refractivity contribution >= 4 is 6.16 Å². The van der Waals surface area contributed by atoms with Crippen LogP contribution in [0.3, 0.4) is 0 Å². The highest BCUT2D eigenvalue weighted by Crippen LogP contribution is 2.16. The Bertz CT molecular complexity index is 360. The number of carbonyl (C=O) groups is 1. The van der Waals surface area contributed by atoms with E-state index in [1.165, 1.54) is 5.01 Å². The number of hydrogen-bond acceptors (Lipinski definition) is 7. The Morgan fingerprint density at radius 3 is 2.57 bits per heavy atom. The molecule has 122 valence electrons. The molecule has 1 aliphatic heterocycles. The van der Waals surface area contributed by atoms with E-state index in [1.54, 1.807) is 20.8 Å². The second kappa shape index (κ2) is 7.87. The van der Waals surface area contributed by atoms with Crippen molar-refractivity contribution in [3.63, 3.8) is 0 Å². The molecule has 1 rings (SSSR count). The summed E-state index contributed by atoms with van der Waals surface area (Å²) in [4.78, 5) is 16.1. The minimum atomic E-state index is -0.890. The van der Waals surface area contributed by atoms with Crippen molar-refractivity contribution in [2.24, 2.45) is 11.2 Å². The number of ether oxygens (including phenoxy) is 2. The third kappa shape index (κ3) is 6.98. The van der Waals surface area contributed by atoms with Crippen LogP contribution in [0.5, 0.6) is 0 Å². The van der Waals surface area contributed by atoms with Crippen LogP contribution in [0.15, 0.2) is 5.28 Å². The first-order chi connectivity index (χ1) is 9.81. The summed E-state index contributed by atoms with van der Waals surface area (Å²) in [6.07, 6.45) is 0.553. The second-order valence-corrected chi connectivity index (χ2v) is 5.77. The number of aliphatic hydroxyl groups excluding tert-OH is 1. The summed E-state index contributed by atoms with van der Waals surface area (Å²) in [5.74, 6) is 0.228. The Balaban J connectivity index is 2.23. The standard InChI is InChI=1S/C12H23N3O6/c1-12(2,3)21-11(17)19-9-20-13-15(18)14-6-4-10(8-16)5-7-14/h10,16H,4-9H2,1-3H3/b15-13+. The van der Waals surface area contributed by atoms with E-state index < -0.39 is 18.5 Å². The van der Waals surface area contributed by atoms with Gasteiger partial charge in [0.25, 0.3) is 6.79 Å². The maximum Gasteiger partial charge on any atom is 0.511 e. The van der Waals surface area contributed by atoms with Crippen molar-refractivity contribution in [1.82, 2.24) is 5.01 Å². The number of carbonyl (C=O) groups excluding carboxylic acids is 1. The van der Waals surface area contributed by atoms with Gasteiger partial charge in [0.15, 0.2) is 0 Å². The zero-order valence-electron chi connectivity index (χ0n) is 12.7. The lowest BCUT2D eigenvalue weighted by atomic mass is 9.99. The van der Waals surface area contributed by atoms with Gasteiger partial charge in [-0.15, -0.1) is 5.01 Å². The van der Waals surface area contributed by atoms with Gasteiger partial charge in [0.2, 0.25) is 5.28 Å². The molecule has 1 heterocycles. The van der Waals surface area contributed by atoms with E-state index in [-0.39, 0.29) is 12.5 Å². The highest BCUT2D eigenvalue weighted by Gasteiger charge is 2.23. The van der Waals surface area contributed by atoms with Crippen LogP contribution in [0.4, 0.5) is 4.79 Å². The molecule has 0 aromatic carbocycles. The predicted octanol–water partition coefficient (Wildman–Crippen LogP) is 1.41. The number of nitrogens with zero attached hydrogens (tertiary/aromatic N) is 3. The van der Waals surface area contributed by atoms with Crippen molar-refractivity contribution in [3.05, 3.63) is 5.21 Å². The second-order valence-electron chi connectivity index (χ2n) is 5.77. The van der Waals surface area contributed by atoms with Crippen molar-refractivity contribution in [1.29, 1.82) is 0 Å². The van der Waals surface area contributed by atoms with Gasteiger partial charge in [-0.3, -0.25) is 0 Å². The molecule has 0 aliphatic carbocycles. The number of hydrogen-bond donors (Lipinski definition) is 1. The molecule has 0 spiro atoms. The molecule has 0 saturated carbocycles.